The number of piperazine rings is 1. The van der Waals surface area contributed by atoms with Crippen LogP contribution >= 0.6 is 0 Å². The average Bonchev–Trinajstić information content (AvgIpc) is 3.25. The van der Waals surface area contributed by atoms with Crippen LogP contribution < -0.4 is 5.32 Å². The summed E-state index contributed by atoms with van der Waals surface area (Å²) in [6.07, 6.45) is -2.39. The highest BCUT2D eigenvalue weighted by atomic mass is 19.4. The molecule has 0 radical (unpaired) electrons. The highest BCUT2D eigenvalue weighted by Gasteiger charge is 2.34. The summed E-state index contributed by atoms with van der Waals surface area (Å²) >= 11 is 0. The minimum absolute atomic E-state index is 0.283. The molecule has 1 aliphatic heterocycles. The Bertz CT molecular complexity index is 1410. The Hall–Kier alpha value is -3.99. The number of pyridine rings is 2. The lowest BCUT2D eigenvalue weighted by atomic mass is 10.1. The predicted molar refractivity (Wildman–Crippen MR) is 134 cm³/mol. The Labute approximate surface area is 211 Å². The maximum atomic E-state index is 12.5. The van der Waals surface area contributed by atoms with Gasteiger partial charge in [0.05, 0.1) is 11.0 Å². The molecule has 0 atom stereocenters. The van der Waals surface area contributed by atoms with Crippen LogP contribution in [0.1, 0.15) is 17.7 Å². The number of aromatic nitrogens is 4. The number of imidazole rings is 1. The molecule has 1 amide bonds. The van der Waals surface area contributed by atoms with Crippen molar-refractivity contribution < 1.29 is 18.0 Å². The highest BCUT2D eigenvalue weighted by molar-refractivity contribution is 5.84. The lowest BCUT2D eigenvalue weighted by Gasteiger charge is -2.35. The fourth-order valence-electron chi connectivity index (χ4n) is 4.43. The van der Waals surface area contributed by atoms with Crippen molar-refractivity contribution in [3.63, 3.8) is 0 Å². The molecule has 0 saturated carbocycles. The molecule has 1 fully saturated rings. The van der Waals surface area contributed by atoms with Gasteiger partial charge < -0.3 is 15.2 Å². The molecule has 0 spiro atoms. The number of aromatic amines is 1. The number of nitrogens with one attached hydrogen (secondary N) is 2. The van der Waals surface area contributed by atoms with Crippen molar-refractivity contribution in [2.24, 2.45) is 0 Å². The van der Waals surface area contributed by atoms with Gasteiger partial charge in [0.25, 0.3) is 0 Å². The van der Waals surface area contributed by atoms with Crippen molar-refractivity contribution >= 4 is 28.7 Å². The van der Waals surface area contributed by atoms with E-state index >= 15 is 0 Å². The second-order valence-corrected chi connectivity index (χ2v) is 9.13. The maximum Gasteiger partial charge on any atom is 0.397 e. The Kier molecular flexibility index (Phi) is 6.79. The zero-order valence-corrected chi connectivity index (χ0v) is 20.2. The topological polar surface area (TPSA) is 90.0 Å². The van der Waals surface area contributed by atoms with Gasteiger partial charge in [-0.25, -0.2) is 9.97 Å². The molecular formula is C26H26F3N7O. The Balaban J connectivity index is 1.21. The number of H-pyrrole nitrogens is 1. The van der Waals surface area contributed by atoms with Crippen LogP contribution in [0.5, 0.6) is 0 Å². The number of rotatable bonds is 6. The van der Waals surface area contributed by atoms with Crippen molar-refractivity contribution in [3.8, 4) is 11.1 Å². The summed E-state index contributed by atoms with van der Waals surface area (Å²) in [5.74, 6) is 0.330. The summed E-state index contributed by atoms with van der Waals surface area (Å²) in [5, 5.41) is 3.22. The van der Waals surface area contributed by atoms with E-state index in [0.717, 1.165) is 33.4 Å². The van der Waals surface area contributed by atoms with Gasteiger partial charge in [-0.15, -0.1) is 0 Å². The number of benzene rings is 1. The monoisotopic (exact) mass is 509 g/mol. The summed E-state index contributed by atoms with van der Waals surface area (Å²) in [7, 11) is 0. The van der Waals surface area contributed by atoms with Crippen LogP contribution in [0, 0.1) is 6.92 Å². The minimum Gasteiger partial charge on any atom is -0.340 e. The molecule has 0 aliphatic carbocycles. The van der Waals surface area contributed by atoms with E-state index in [-0.39, 0.29) is 13.1 Å². The van der Waals surface area contributed by atoms with Gasteiger partial charge in [0.15, 0.2) is 0 Å². The van der Waals surface area contributed by atoms with Crippen LogP contribution in [0.2, 0.25) is 0 Å². The van der Waals surface area contributed by atoms with Gasteiger partial charge in [-0.05, 0) is 60.0 Å². The van der Waals surface area contributed by atoms with Crippen molar-refractivity contribution in [3.05, 3.63) is 66.1 Å². The van der Waals surface area contributed by atoms with E-state index in [4.69, 9.17) is 0 Å². The average molecular weight is 510 g/mol. The lowest BCUT2D eigenvalue weighted by Crippen LogP contribution is -2.49. The van der Waals surface area contributed by atoms with E-state index in [1.165, 1.54) is 4.90 Å². The van der Waals surface area contributed by atoms with Crippen molar-refractivity contribution in [1.29, 1.82) is 0 Å². The van der Waals surface area contributed by atoms with Gasteiger partial charge in [0.1, 0.15) is 12.2 Å². The normalized spacial score (nSPS) is 14.8. The summed E-state index contributed by atoms with van der Waals surface area (Å²) in [5.41, 5.74) is 5.81. The number of anilines is 2. The maximum absolute atomic E-state index is 12.5. The van der Waals surface area contributed by atoms with Crippen LogP contribution in [0.15, 0.2) is 54.9 Å². The molecule has 1 aromatic carbocycles. The molecule has 11 heteroatoms. The second kappa shape index (κ2) is 10.2. The molecule has 4 aromatic rings. The van der Waals surface area contributed by atoms with Gasteiger partial charge in [-0.2, -0.15) is 13.2 Å². The summed E-state index contributed by atoms with van der Waals surface area (Å²) in [6, 6.07) is 13.9. The molecule has 2 N–H and O–H groups in total. The first-order valence-corrected chi connectivity index (χ1v) is 11.9. The van der Waals surface area contributed by atoms with Crippen molar-refractivity contribution in [1.82, 2.24) is 29.7 Å². The number of hydrogen-bond donors (Lipinski definition) is 2. The summed E-state index contributed by atoms with van der Waals surface area (Å²) in [6.45, 7) is 4.15. The van der Waals surface area contributed by atoms with E-state index in [1.54, 1.807) is 12.4 Å². The minimum atomic E-state index is -4.48. The molecule has 4 heterocycles. The third-order valence-corrected chi connectivity index (χ3v) is 6.27. The number of halogens is 3. The fraction of sp³-hybridized carbons (Fsp3) is 0.308. The Morgan fingerprint density at radius 1 is 1.00 bits per heavy atom. The van der Waals surface area contributed by atoms with Crippen molar-refractivity contribution in [2.45, 2.75) is 26.1 Å². The van der Waals surface area contributed by atoms with Crippen LogP contribution in [0.4, 0.5) is 24.9 Å². The van der Waals surface area contributed by atoms with Crippen molar-refractivity contribution in [2.75, 3.05) is 31.5 Å². The third-order valence-electron chi connectivity index (χ3n) is 6.27. The van der Waals surface area contributed by atoms with Crippen LogP contribution in [0.3, 0.4) is 0 Å². The summed E-state index contributed by atoms with van der Waals surface area (Å²) < 4.78 is 37.5. The van der Waals surface area contributed by atoms with E-state index < -0.39 is 18.5 Å². The Morgan fingerprint density at radius 3 is 2.51 bits per heavy atom. The number of hydrogen-bond acceptors (Lipinski definition) is 6. The largest absolute Gasteiger partial charge is 0.397 e. The van der Waals surface area contributed by atoms with E-state index in [9.17, 15) is 18.0 Å². The first kappa shape index (κ1) is 24.7. The second-order valence-electron chi connectivity index (χ2n) is 9.13. The number of aryl methyl sites for hydroxylation is 1. The summed E-state index contributed by atoms with van der Waals surface area (Å²) in [4.78, 5) is 31.8. The molecule has 1 saturated heterocycles. The molecule has 8 nitrogen and oxygen atoms in total. The zero-order valence-electron chi connectivity index (χ0n) is 20.2. The van der Waals surface area contributed by atoms with Crippen LogP contribution in [-0.2, 0) is 11.3 Å². The van der Waals surface area contributed by atoms with Gasteiger partial charge in [0.2, 0.25) is 11.9 Å². The molecular weight excluding hydrogens is 483 g/mol. The SMILES string of the molecule is Cc1cc(-c2ccc3nc(Nc4cc(CN5CCN(C(=O)CC(F)(F)F)CC5)ccn4)[nH]c3c2)ccn1. The van der Waals surface area contributed by atoms with Gasteiger partial charge >= 0.3 is 6.18 Å². The van der Waals surface area contributed by atoms with E-state index in [0.29, 0.717) is 31.4 Å². The lowest BCUT2D eigenvalue weighted by molar-refractivity contribution is -0.162. The van der Waals surface area contributed by atoms with E-state index in [2.05, 4.69) is 30.2 Å². The quantitative estimate of drug-likeness (QED) is 0.393. The number of alkyl halides is 3. The zero-order chi connectivity index (χ0) is 26.0. The molecule has 0 bridgehead atoms. The molecule has 192 valence electrons. The van der Waals surface area contributed by atoms with Gasteiger partial charge in [-0.1, -0.05) is 6.07 Å². The molecule has 5 rings (SSSR count). The number of carbonyl (C=O) groups excluding carboxylic acids is 1. The fourth-order valence-corrected chi connectivity index (χ4v) is 4.43. The third kappa shape index (κ3) is 6.23. The highest BCUT2D eigenvalue weighted by Crippen LogP contribution is 2.26. The number of amides is 1. The standard InChI is InChI=1S/C26H26F3N7O/c1-17-12-20(5-7-30-17)19-2-3-21-22(14-19)33-25(32-21)34-23-13-18(4-6-31-23)16-35-8-10-36(11-9-35)24(37)15-26(27,28)29/h2-7,12-14H,8-11,15-16H2,1H3,(H2,31,32,33,34). The Morgan fingerprint density at radius 2 is 1.76 bits per heavy atom. The number of nitrogens with zero attached hydrogens (tertiary/aromatic N) is 5. The van der Waals surface area contributed by atoms with Gasteiger partial charge in [0, 0.05) is 50.8 Å². The molecule has 1 aliphatic rings. The molecule has 0 unspecified atom stereocenters. The molecule has 37 heavy (non-hydrogen) atoms. The number of carbonyl (C=O) groups is 1. The van der Waals surface area contributed by atoms with Crippen LogP contribution in [-0.4, -0.2) is 68.0 Å². The molecule has 3 aromatic heterocycles. The van der Waals surface area contributed by atoms with E-state index in [1.807, 2.05) is 49.4 Å². The number of fused-ring (bicyclic) bond motifs is 1. The first-order chi connectivity index (χ1) is 17.7. The predicted octanol–water partition coefficient (Wildman–Crippen LogP) is 4.67. The van der Waals surface area contributed by atoms with Gasteiger partial charge in [-0.3, -0.25) is 14.7 Å². The first-order valence-electron chi connectivity index (χ1n) is 11.9. The van der Waals surface area contributed by atoms with Crippen LogP contribution in [0.25, 0.3) is 22.2 Å². The smallest absolute Gasteiger partial charge is 0.340 e.